The zero-order valence-corrected chi connectivity index (χ0v) is 21.6. The van der Waals surface area contributed by atoms with Crippen molar-refractivity contribution >= 4 is 39.1 Å². The van der Waals surface area contributed by atoms with Crippen LogP contribution in [-0.4, -0.2) is 50.5 Å². The standard InChI is InChI=1S/C24H31ClFN3O4S/c1-16(2)13-27-24(31)18(4)28(14-19-8-6-7-9-22(19)26)23(30)15-29(34(5,32)33)20-11-10-17(3)21(25)12-20/h6-12,16,18H,13-15H2,1-5H3,(H,27,31)/t18-/m0/s1. The van der Waals surface area contributed by atoms with Gasteiger partial charge in [-0.3, -0.25) is 13.9 Å². The Morgan fingerprint density at radius 3 is 2.32 bits per heavy atom. The third-order valence-electron chi connectivity index (χ3n) is 5.27. The van der Waals surface area contributed by atoms with Gasteiger partial charge in [-0.2, -0.15) is 0 Å². The lowest BCUT2D eigenvalue weighted by Crippen LogP contribution is -2.51. The molecule has 0 radical (unpaired) electrons. The van der Waals surface area contributed by atoms with Gasteiger partial charge in [0.2, 0.25) is 21.8 Å². The summed E-state index contributed by atoms with van der Waals surface area (Å²) in [6.07, 6.45) is 0.980. The van der Waals surface area contributed by atoms with Crippen LogP contribution >= 0.6 is 11.6 Å². The molecular formula is C24H31ClFN3O4S. The Morgan fingerprint density at radius 2 is 1.76 bits per heavy atom. The van der Waals surface area contributed by atoms with E-state index in [1.54, 1.807) is 25.1 Å². The van der Waals surface area contributed by atoms with E-state index in [0.717, 1.165) is 16.1 Å². The topological polar surface area (TPSA) is 86.8 Å². The molecule has 2 amide bonds. The fraction of sp³-hybridized carbons (Fsp3) is 0.417. The van der Waals surface area contributed by atoms with Gasteiger partial charge in [0.1, 0.15) is 18.4 Å². The molecule has 0 aromatic heterocycles. The number of hydrogen-bond acceptors (Lipinski definition) is 4. The monoisotopic (exact) mass is 511 g/mol. The Bertz CT molecular complexity index is 1140. The summed E-state index contributed by atoms with van der Waals surface area (Å²) in [5.41, 5.74) is 1.18. The maximum Gasteiger partial charge on any atom is 0.244 e. The Kier molecular flexibility index (Phi) is 9.46. The van der Waals surface area contributed by atoms with Crippen LogP contribution in [0.25, 0.3) is 0 Å². The molecule has 0 aliphatic carbocycles. The summed E-state index contributed by atoms with van der Waals surface area (Å²) >= 11 is 6.17. The largest absolute Gasteiger partial charge is 0.354 e. The van der Waals surface area contributed by atoms with Crippen LogP contribution in [0.1, 0.15) is 31.9 Å². The van der Waals surface area contributed by atoms with Crippen molar-refractivity contribution in [3.63, 3.8) is 0 Å². The van der Waals surface area contributed by atoms with Gasteiger partial charge >= 0.3 is 0 Å². The Morgan fingerprint density at radius 1 is 1.12 bits per heavy atom. The van der Waals surface area contributed by atoms with Crippen molar-refractivity contribution in [2.45, 2.75) is 40.3 Å². The minimum absolute atomic E-state index is 0.193. The van der Waals surface area contributed by atoms with Gasteiger partial charge < -0.3 is 10.2 Å². The molecule has 0 saturated carbocycles. The SMILES string of the molecule is Cc1ccc(N(CC(=O)N(Cc2ccccc2F)[C@@H](C)C(=O)NCC(C)C)S(C)(=O)=O)cc1Cl. The summed E-state index contributed by atoms with van der Waals surface area (Å²) in [6, 6.07) is 9.63. The van der Waals surface area contributed by atoms with Gasteiger partial charge in [0.05, 0.1) is 11.9 Å². The first kappa shape index (κ1) is 27.6. The van der Waals surface area contributed by atoms with E-state index in [-0.39, 0.29) is 23.7 Å². The van der Waals surface area contributed by atoms with Gasteiger partial charge in [0.15, 0.2) is 0 Å². The smallest absolute Gasteiger partial charge is 0.244 e. The summed E-state index contributed by atoms with van der Waals surface area (Å²) in [5, 5.41) is 3.12. The van der Waals surface area contributed by atoms with Crippen molar-refractivity contribution < 1.29 is 22.4 Å². The normalized spacial score (nSPS) is 12.4. The van der Waals surface area contributed by atoms with Crippen LogP contribution < -0.4 is 9.62 Å². The van der Waals surface area contributed by atoms with E-state index in [1.807, 2.05) is 13.8 Å². The highest BCUT2D eigenvalue weighted by molar-refractivity contribution is 7.92. The van der Waals surface area contributed by atoms with Crippen LogP contribution in [0.5, 0.6) is 0 Å². The number of anilines is 1. The molecule has 7 nitrogen and oxygen atoms in total. The van der Waals surface area contributed by atoms with Crippen LogP contribution in [-0.2, 0) is 26.2 Å². The first-order valence-corrected chi connectivity index (χ1v) is 13.1. The maximum absolute atomic E-state index is 14.4. The predicted octanol–water partition coefficient (Wildman–Crippen LogP) is 3.74. The van der Waals surface area contributed by atoms with Crippen molar-refractivity contribution in [1.82, 2.24) is 10.2 Å². The van der Waals surface area contributed by atoms with Crippen molar-refractivity contribution in [1.29, 1.82) is 0 Å². The zero-order valence-electron chi connectivity index (χ0n) is 20.0. The van der Waals surface area contributed by atoms with Crippen LogP contribution in [0.2, 0.25) is 5.02 Å². The predicted molar refractivity (Wildman–Crippen MR) is 133 cm³/mol. The number of amides is 2. The quantitative estimate of drug-likeness (QED) is 0.526. The molecule has 10 heteroatoms. The Balaban J connectivity index is 2.40. The number of hydrogen-bond donors (Lipinski definition) is 1. The summed E-state index contributed by atoms with van der Waals surface area (Å²) in [7, 11) is -3.87. The molecule has 0 saturated heterocycles. The van der Waals surface area contributed by atoms with Crippen molar-refractivity contribution in [2.24, 2.45) is 5.92 Å². The molecule has 1 atom stereocenters. The lowest BCUT2D eigenvalue weighted by molar-refractivity contribution is -0.139. The maximum atomic E-state index is 14.4. The number of halogens is 2. The van der Waals surface area contributed by atoms with E-state index in [2.05, 4.69) is 5.32 Å². The van der Waals surface area contributed by atoms with Gasteiger partial charge in [0.25, 0.3) is 0 Å². The highest BCUT2D eigenvalue weighted by Gasteiger charge is 2.30. The average Bonchev–Trinajstić information content (AvgIpc) is 2.75. The Labute approximate surface area is 205 Å². The number of rotatable bonds is 10. The third-order valence-corrected chi connectivity index (χ3v) is 6.82. The van der Waals surface area contributed by atoms with Crippen molar-refractivity contribution in [3.05, 3.63) is 64.4 Å². The molecule has 0 unspecified atom stereocenters. The minimum Gasteiger partial charge on any atom is -0.354 e. The van der Waals surface area contributed by atoms with Gasteiger partial charge in [-0.05, 0) is 43.5 Å². The second-order valence-corrected chi connectivity index (χ2v) is 10.9. The van der Waals surface area contributed by atoms with Crippen molar-refractivity contribution in [2.75, 3.05) is 23.7 Å². The zero-order chi connectivity index (χ0) is 25.6. The van der Waals surface area contributed by atoms with Crippen LogP contribution in [0, 0.1) is 18.7 Å². The van der Waals surface area contributed by atoms with Crippen molar-refractivity contribution in [3.8, 4) is 0 Å². The summed E-state index contributed by atoms with van der Waals surface area (Å²) in [6.45, 7) is 6.80. The van der Waals surface area contributed by atoms with E-state index >= 15 is 0 Å². The molecular weight excluding hydrogens is 481 g/mol. The van der Waals surface area contributed by atoms with E-state index in [1.165, 1.54) is 36.1 Å². The molecule has 0 bridgehead atoms. The second kappa shape index (κ2) is 11.7. The van der Waals surface area contributed by atoms with E-state index in [0.29, 0.717) is 11.6 Å². The fourth-order valence-electron chi connectivity index (χ4n) is 3.20. The van der Waals surface area contributed by atoms with E-state index in [9.17, 15) is 22.4 Å². The molecule has 2 rings (SSSR count). The average molecular weight is 512 g/mol. The van der Waals surface area contributed by atoms with Gasteiger partial charge in [-0.15, -0.1) is 0 Å². The number of carbonyl (C=O) groups excluding carboxylic acids is 2. The third kappa shape index (κ3) is 7.43. The second-order valence-electron chi connectivity index (χ2n) is 8.63. The van der Waals surface area contributed by atoms with E-state index in [4.69, 9.17) is 11.6 Å². The Hall–Kier alpha value is -2.65. The van der Waals surface area contributed by atoms with Gasteiger partial charge in [0, 0.05) is 23.7 Å². The number of aryl methyl sites for hydroxylation is 1. The fourth-order valence-corrected chi connectivity index (χ4v) is 4.21. The number of nitrogens with one attached hydrogen (secondary N) is 1. The number of sulfonamides is 1. The molecule has 186 valence electrons. The molecule has 2 aromatic carbocycles. The molecule has 2 aromatic rings. The molecule has 34 heavy (non-hydrogen) atoms. The number of nitrogens with zero attached hydrogens (tertiary/aromatic N) is 2. The van der Waals surface area contributed by atoms with Crippen LogP contribution in [0.15, 0.2) is 42.5 Å². The molecule has 0 fully saturated rings. The summed E-state index contributed by atoms with van der Waals surface area (Å²) in [4.78, 5) is 27.3. The summed E-state index contributed by atoms with van der Waals surface area (Å²) in [5.74, 6) is -1.40. The highest BCUT2D eigenvalue weighted by atomic mass is 35.5. The highest BCUT2D eigenvalue weighted by Crippen LogP contribution is 2.25. The number of benzene rings is 2. The van der Waals surface area contributed by atoms with Gasteiger partial charge in [-0.25, -0.2) is 12.8 Å². The van der Waals surface area contributed by atoms with Crippen LogP contribution in [0.4, 0.5) is 10.1 Å². The molecule has 0 spiro atoms. The van der Waals surface area contributed by atoms with Gasteiger partial charge in [-0.1, -0.05) is 49.7 Å². The lowest BCUT2D eigenvalue weighted by Gasteiger charge is -2.31. The van der Waals surface area contributed by atoms with Crippen LogP contribution in [0.3, 0.4) is 0 Å². The molecule has 0 aliphatic rings. The molecule has 0 heterocycles. The first-order valence-electron chi connectivity index (χ1n) is 10.9. The molecule has 0 aliphatic heterocycles. The first-order chi connectivity index (χ1) is 15.8. The van der Waals surface area contributed by atoms with E-state index < -0.39 is 40.2 Å². The minimum atomic E-state index is -3.87. The summed E-state index contributed by atoms with van der Waals surface area (Å²) < 4.78 is 40.4. The number of carbonyl (C=O) groups is 2. The lowest BCUT2D eigenvalue weighted by atomic mass is 10.1. The molecule has 1 N–H and O–H groups in total.